The quantitative estimate of drug-likeness (QED) is 0.756. The van der Waals surface area contributed by atoms with Gasteiger partial charge in [0.25, 0.3) is 5.91 Å². The number of nitrogens with one attached hydrogen (secondary N) is 1. The van der Waals surface area contributed by atoms with E-state index in [-0.39, 0.29) is 18.2 Å². The first kappa shape index (κ1) is 18.0. The second-order valence-corrected chi connectivity index (χ2v) is 6.69. The van der Waals surface area contributed by atoms with Gasteiger partial charge in [-0.1, -0.05) is 25.4 Å². The number of amides is 1. The molecule has 0 radical (unpaired) electrons. The maximum Gasteiger partial charge on any atom is 0.303 e. The summed E-state index contributed by atoms with van der Waals surface area (Å²) in [6, 6.07) is 4.95. The summed E-state index contributed by atoms with van der Waals surface area (Å²) in [5.74, 6) is -0.782. The van der Waals surface area contributed by atoms with Crippen LogP contribution in [0.25, 0.3) is 0 Å². The Morgan fingerprint density at radius 3 is 2.57 bits per heavy atom. The second kappa shape index (κ2) is 8.39. The molecular formula is C15H19BrClNO3. The Labute approximate surface area is 138 Å². The van der Waals surface area contributed by atoms with Gasteiger partial charge in [0.1, 0.15) is 0 Å². The zero-order chi connectivity index (χ0) is 16.0. The fourth-order valence-corrected chi connectivity index (χ4v) is 2.56. The number of halogens is 2. The number of rotatable bonds is 7. The maximum absolute atomic E-state index is 12.1. The van der Waals surface area contributed by atoms with Crippen LogP contribution in [0.3, 0.4) is 0 Å². The fraction of sp³-hybridized carbons (Fsp3) is 0.467. The van der Waals surface area contributed by atoms with Crippen LogP contribution in [0, 0.1) is 11.8 Å². The van der Waals surface area contributed by atoms with E-state index in [0.29, 0.717) is 23.0 Å². The van der Waals surface area contributed by atoms with Gasteiger partial charge in [0, 0.05) is 23.0 Å². The molecule has 6 heteroatoms. The lowest BCUT2D eigenvalue weighted by atomic mass is 9.94. The third-order valence-corrected chi connectivity index (χ3v) is 4.23. The Kier molecular flexibility index (Phi) is 7.18. The van der Waals surface area contributed by atoms with Crippen LogP contribution in [0.2, 0.25) is 5.02 Å². The largest absolute Gasteiger partial charge is 0.481 e. The van der Waals surface area contributed by atoms with Crippen LogP contribution in [0.15, 0.2) is 22.7 Å². The summed E-state index contributed by atoms with van der Waals surface area (Å²) >= 11 is 9.22. The van der Waals surface area contributed by atoms with Gasteiger partial charge in [0.15, 0.2) is 0 Å². The number of carboxylic acids is 1. The molecule has 0 aliphatic carbocycles. The van der Waals surface area contributed by atoms with Crippen LogP contribution in [-0.4, -0.2) is 23.5 Å². The minimum Gasteiger partial charge on any atom is -0.481 e. The molecule has 4 nitrogen and oxygen atoms in total. The first-order chi connectivity index (χ1) is 9.79. The molecule has 1 atom stereocenters. The Balaban J connectivity index is 2.63. The fourth-order valence-electron chi connectivity index (χ4n) is 2.13. The van der Waals surface area contributed by atoms with Crippen molar-refractivity contribution in [3.63, 3.8) is 0 Å². The first-order valence-electron chi connectivity index (χ1n) is 6.74. The highest BCUT2D eigenvalue weighted by Crippen LogP contribution is 2.23. The molecule has 0 fully saturated rings. The highest BCUT2D eigenvalue weighted by molar-refractivity contribution is 9.10. The molecule has 1 amide bonds. The van der Waals surface area contributed by atoms with Gasteiger partial charge < -0.3 is 10.4 Å². The minimum absolute atomic E-state index is 0.0551. The molecule has 116 valence electrons. The lowest BCUT2D eigenvalue weighted by Crippen LogP contribution is -2.31. The summed E-state index contributed by atoms with van der Waals surface area (Å²) in [6.07, 6.45) is 0.813. The smallest absolute Gasteiger partial charge is 0.303 e. The summed E-state index contributed by atoms with van der Waals surface area (Å²) < 4.78 is 0.726. The van der Waals surface area contributed by atoms with Crippen LogP contribution >= 0.6 is 27.5 Å². The Bertz CT molecular complexity index is 520. The molecule has 0 bridgehead atoms. The molecule has 1 aromatic carbocycles. The highest BCUT2D eigenvalue weighted by atomic mass is 79.9. The number of carbonyl (C=O) groups excluding carboxylic acids is 1. The molecule has 0 saturated carbocycles. The number of hydrogen-bond acceptors (Lipinski definition) is 2. The number of aliphatic carboxylic acids is 1. The van der Waals surface area contributed by atoms with Gasteiger partial charge in [-0.15, -0.1) is 0 Å². The predicted molar refractivity (Wildman–Crippen MR) is 86.7 cm³/mol. The Morgan fingerprint density at radius 1 is 1.38 bits per heavy atom. The van der Waals surface area contributed by atoms with Gasteiger partial charge in [0.05, 0.1) is 5.02 Å². The van der Waals surface area contributed by atoms with Crippen LogP contribution < -0.4 is 5.32 Å². The number of hydrogen-bond donors (Lipinski definition) is 2. The van der Waals surface area contributed by atoms with Crippen molar-refractivity contribution in [2.75, 3.05) is 6.54 Å². The average molecular weight is 377 g/mol. The van der Waals surface area contributed by atoms with Gasteiger partial charge in [-0.2, -0.15) is 0 Å². The van der Waals surface area contributed by atoms with Crippen molar-refractivity contribution in [2.45, 2.75) is 26.7 Å². The molecule has 0 aliphatic rings. The van der Waals surface area contributed by atoms with Crippen molar-refractivity contribution in [1.82, 2.24) is 5.32 Å². The molecule has 1 aromatic rings. The van der Waals surface area contributed by atoms with Crippen molar-refractivity contribution < 1.29 is 14.7 Å². The third-order valence-electron chi connectivity index (χ3n) is 3.00. The van der Waals surface area contributed by atoms with E-state index < -0.39 is 5.97 Å². The van der Waals surface area contributed by atoms with E-state index in [1.165, 1.54) is 0 Å². The molecule has 0 heterocycles. The maximum atomic E-state index is 12.1. The van der Waals surface area contributed by atoms with Gasteiger partial charge >= 0.3 is 5.97 Å². The van der Waals surface area contributed by atoms with Gasteiger partial charge in [-0.3, -0.25) is 9.59 Å². The first-order valence-corrected chi connectivity index (χ1v) is 7.91. The van der Waals surface area contributed by atoms with Crippen LogP contribution in [0.5, 0.6) is 0 Å². The van der Waals surface area contributed by atoms with Gasteiger partial charge in [-0.05, 0) is 52.4 Å². The van der Waals surface area contributed by atoms with Crippen molar-refractivity contribution in [1.29, 1.82) is 0 Å². The normalized spacial score (nSPS) is 12.2. The Morgan fingerprint density at radius 2 is 2.05 bits per heavy atom. The second-order valence-electron chi connectivity index (χ2n) is 5.43. The average Bonchev–Trinajstić information content (AvgIpc) is 2.37. The molecule has 0 aromatic heterocycles. The molecule has 2 N–H and O–H groups in total. The van der Waals surface area contributed by atoms with Crippen molar-refractivity contribution >= 4 is 39.4 Å². The van der Waals surface area contributed by atoms with Gasteiger partial charge in [0.2, 0.25) is 0 Å². The number of carboxylic acid groups (broad SMARTS) is 1. The molecule has 0 spiro atoms. The summed E-state index contributed by atoms with van der Waals surface area (Å²) in [4.78, 5) is 22.9. The van der Waals surface area contributed by atoms with Crippen LogP contribution in [0.4, 0.5) is 0 Å². The molecule has 0 saturated heterocycles. The van der Waals surface area contributed by atoms with E-state index in [1.807, 2.05) is 13.8 Å². The van der Waals surface area contributed by atoms with Crippen LogP contribution in [-0.2, 0) is 4.79 Å². The zero-order valence-corrected chi connectivity index (χ0v) is 14.4. The molecule has 1 rings (SSSR count). The minimum atomic E-state index is -0.846. The number of carbonyl (C=O) groups is 2. The summed E-state index contributed by atoms with van der Waals surface area (Å²) in [5, 5.41) is 12.2. The van der Waals surface area contributed by atoms with Crippen LogP contribution in [0.1, 0.15) is 37.0 Å². The van der Waals surface area contributed by atoms with E-state index in [0.717, 1.165) is 10.9 Å². The summed E-state index contributed by atoms with van der Waals surface area (Å²) in [7, 11) is 0. The lowest BCUT2D eigenvalue weighted by molar-refractivity contribution is -0.138. The summed E-state index contributed by atoms with van der Waals surface area (Å²) in [5.41, 5.74) is 0.460. The van der Waals surface area contributed by atoms with E-state index in [2.05, 4.69) is 21.2 Å². The van der Waals surface area contributed by atoms with E-state index >= 15 is 0 Å². The number of benzene rings is 1. The van der Waals surface area contributed by atoms with Gasteiger partial charge in [-0.25, -0.2) is 0 Å². The SMILES string of the molecule is CC(C)CC(CNC(=O)c1ccc(Br)c(Cl)c1)CC(=O)O. The lowest BCUT2D eigenvalue weighted by Gasteiger charge is -2.17. The highest BCUT2D eigenvalue weighted by Gasteiger charge is 2.17. The Hall–Kier alpha value is -1.07. The van der Waals surface area contributed by atoms with E-state index in [9.17, 15) is 9.59 Å². The summed E-state index contributed by atoms with van der Waals surface area (Å²) in [6.45, 7) is 4.41. The molecule has 1 unspecified atom stereocenters. The zero-order valence-electron chi connectivity index (χ0n) is 12.0. The van der Waals surface area contributed by atoms with Crippen molar-refractivity contribution in [3.8, 4) is 0 Å². The van der Waals surface area contributed by atoms with Crippen molar-refractivity contribution in [2.24, 2.45) is 11.8 Å². The monoisotopic (exact) mass is 375 g/mol. The topological polar surface area (TPSA) is 66.4 Å². The molecular weight excluding hydrogens is 358 g/mol. The van der Waals surface area contributed by atoms with E-state index in [1.54, 1.807) is 18.2 Å². The van der Waals surface area contributed by atoms with E-state index in [4.69, 9.17) is 16.7 Å². The third kappa shape index (κ3) is 6.48. The van der Waals surface area contributed by atoms with Crippen molar-refractivity contribution in [3.05, 3.63) is 33.3 Å². The predicted octanol–water partition coefficient (Wildman–Crippen LogP) is 3.97. The molecule has 21 heavy (non-hydrogen) atoms. The standard InChI is InChI=1S/C15H19BrClNO3/c1-9(2)5-10(6-14(19)20)8-18-15(21)11-3-4-12(16)13(17)7-11/h3-4,7,9-10H,5-6,8H2,1-2H3,(H,18,21)(H,19,20). The molecule has 0 aliphatic heterocycles.